The molecule has 5 nitrogen and oxygen atoms in total. The highest BCUT2D eigenvalue weighted by molar-refractivity contribution is 7.90. The molecule has 0 saturated heterocycles. The molecule has 1 aromatic carbocycles. The zero-order valence-electron chi connectivity index (χ0n) is 10.4. The Bertz CT molecular complexity index is 624. The first-order valence-corrected chi connectivity index (χ1v) is 7.69. The topological polar surface area (TPSA) is 89.3 Å². The molecule has 0 unspecified atom stereocenters. The minimum atomic E-state index is -3.45. The number of nitrogens with two attached hydrogens (primary N) is 1. The summed E-state index contributed by atoms with van der Waals surface area (Å²) in [6, 6.07) is 3.30. The van der Waals surface area contributed by atoms with Gasteiger partial charge in [-0.2, -0.15) is 0 Å². The zero-order valence-corrected chi connectivity index (χ0v) is 11.3. The van der Waals surface area contributed by atoms with Crippen molar-refractivity contribution in [2.75, 3.05) is 18.1 Å². The summed E-state index contributed by atoms with van der Waals surface area (Å²) in [6.07, 6.45) is 2.36. The molecule has 0 aromatic heterocycles. The van der Waals surface area contributed by atoms with Gasteiger partial charge in [0.2, 0.25) is 5.91 Å². The van der Waals surface area contributed by atoms with Crippen LogP contribution in [0.25, 0.3) is 0 Å². The van der Waals surface area contributed by atoms with Crippen LogP contribution in [0, 0.1) is 11.2 Å². The molecule has 0 atom stereocenters. The lowest BCUT2D eigenvalue weighted by Gasteiger charge is -2.13. The lowest BCUT2D eigenvalue weighted by Crippen LogP contribution is -2.31. The predicted molar refractivity (Wildman–Crippen MR) is 68.9 cm³/mol. The summed E-state index contributed by atoms with van der Waals surface area (Å²) in [5.41, 5.74) is 4.76. The molecule has 1 aliphatic carbocycles. The van der Waals surface area contributed by atoms with E-state index in [0.717, 1.165) is 24.5 Å². The van der Waals surface area contributed by atoms with Crippen LogP contribution in [-0.2, 0) is 14.6 Å². The molecule has 0 heterocycles. The van der Waals surface area contributed by atoms with Crippen molar-refractivity contribution in [3.63, 3.8) is 0 Å². The van der Waals surface area contributed by atoms with Gasteiger partial charge in [-0.15, -0.1) is 0 Å². The molecule has 1 amide bonds. The lowest BCUT2D eigenvalue weighted by atomic mass is 10.1. The minimum absolute atomic E-state index is 0.0400. The largest absolute Gasteiger partial charge is 0.329 e. The summed E-state index contributed by atoms with van der Waals surface area (Å²) in [6.45, 7) is 0.201. The van der Waals surface area contributed by atoms with E-state index in [1.807, 2.05) is 0 Å². The number of anilines is 1. The summed E-state index contributed by atoms with van der Waals surface area (Å²) >= 11 is 0. The molecule has 1 aliphatic rings. The van der Waals surface area contributed by atoms with Gasteiger partial charge in [0.15, 0.2) is 9.84 Å². The molecule has 7 heteroatoms. The standard InChI is InChI=1S/C12H15FN2O3S/c1-19(17,18)8-2-3-9(13)10(6-8)15-11(16)12(7-14)4-5-12/h2-3,6H,4-5,7,14H2,1H3,(H,15,16). The quantitative estimate of drug-likeness (QED) is 0.805. The van der Waals surface area contributed by atoms with Crippen molar-refractivity contribution in [1.82, 2.24) is 0 Å². The van der Waals surface area contributed by atoms with Crippen molar-refractivity contribution in [3.05, 3.63) is 24.0 Å². The number of nitrogens with one attached hydrogen (secondary N) is 1. The molecule has 0 spiro atoms. The van der Waals surface area contributed by atoms with Crippen LogP contribution in [0.15, 0.2) is 23.1 Å². The zero-order chi connectivity index (χ0) is 14.3. The van der Waals surface area contributed by atoms with E-state index in [-0.39, 0.29) is 23.0 Å². The fourth-order valence-electron chi connectivity index (χ4n) is 1.76. The van der Waals surface area contributed by atoms with E-state index < -0.39 is 21.1 Å². The van der Waals surface area contributed by atoms with Crippen LogP contribution < -0.4 is 11.1 Å². The third-order valence-corrected chi connectivity index (χ3v) is 4.45. The summed E-state index contributed by atoms with van der Waals surface area (Å²) in [4.78, 5) is 11.9. The third kappa shape index (κ3) is 2.76. The van der Waals surface area contributed by atoms with Gasteiger partial charge in [-0.3, -0.25) is 4.79 Å². The van der Waals surface area contributed by atoms with Crippen LogP contribution in [0.3, 0.4) is 0 Å². The Morgan fingerprint density at radius 3 is 2.58 bits per heavy atom. The minimum Gasteiger partial charge on any atom is -0.329 e. The number of benzene rings is 1. The van der Waals surface area contributed by atoms with Gasteiger partial charge < -0.3 is 11.1 Å². The van der Waals surface area contributed by atoms with E-state index in [4.69, 9.17) is 5.73 Å². The Labute approximate surface area is 110 Å². The highest BCUT2D eigenvalue weighted by Gasteiger charge is 2.48. The highest BCUT2D eigenvalue weighted by atomic mass is 32.2. The monoisotopic (exact) mass is 286 g/mol. The van der Waals surface area contributed by atoms with Crippen molar-refractivity contribution in [2.24, 2.45) is 11.1 Å². The Morgan fingerprint density at radius 2 is 2.11 bits per heavy atom. The first kappa shape index (κ1) is 14.0. The van der Waals surface area contributed by atoms with Crippen molar-refractivity contribution in [2.45, 2.75) is 17.7 Å². The first-order chi connectivity index (χ1) is 8.78. The van der Waals surface area contributed by atoms with Gasteiger partial charge in [0.1, 0.15) is 5.82 Å². The van der Waals surface area contributed by atoms with Crippen LogP contribution in [0.1, 0.15) is 12.8 Å². The summed E-state index contributed by atoms with van der Waals surface area (Å²) < 4.78 is 36.4. The van der Waals surface area contributed by atoms with E-state index in [2.05, 4.69) is 5.32 Å². The SMILES string of the molecule is CS(=O)(=O)c1ccc(F)c(NC(=O)C2(CN)CC2)c1. The van der Waals surface area contributed by atoms with Gasteiger partial charge >= 0.3 is 0 Å². The molecular formula is C12H15FN2O3S. The van der Waals surface area contributed by atoms with Crippen molar-refractivity contribution >= 4 is 21.4 Å². The summed E-state index contributed by atoms with van der Waals surface area (Å²) in [5, 5.41) is 2.42. The average molecular weight is 286 g/mol. The van der Waals surface area contributed by atoms with Crippen LogP contribution in [0.2, 0.25) is 0 Å². The molecule has 1 aromatic rings. The fourth-order valence-corrected chi connectivity index (χ4v) is 2.41. The molecule has 3 N–H and O–H groups in total. The van der Waals surface area contributed by atoms with Gasteiger partial charge in [-0.05, 0) is 31.0 Å². The smallest absolute Gasteiger partial charge is 0.231 e. The number of carbonyl (C=O) groups excluding carboxylic acids is 1. The summed E-state index contributed by atoms with van der Waals surface area (Å²) in [7, 11) is -3.45. The highest BCUT2D eigenvalue weighted by Crippen LogP contribution is 2.45. The van der Waals surface area contributed by atoms with E-state index >= 15 is 0 Å². The Kier molecular flexibility index (Phi) is 3.36. The molecule has 19 heavy (non-hydrogen) atoms. The second kappa shape index (κ2) is 4.57. The second-order valence-corrected chi connectivity index (χ2v) is 6.87. The van der Waals surface area contributed by atoms with Gasteiger partial charge in [-0.25, -0.2) is 12.8 Å². The molecule has 0 bridgehead atoms. The molecule has 1 fully saturated rings. The summed E-state index contributed by atoms with van der Waals surface area (Å²) in [5.74, 6) is -1.03. The number of halogens is 1. The van der Waals surface area contributed by atoms with Crippen LogP contribution in [-0.4, -0.2) is 27.1 Å². The number of carbonyl (C=O) groups is 1. The van der Waals surface area contributed by atoms with Crippen LogP contribution in [0.4, 0.5) is 10.1 Å². The normalized spacial score (nSPS) is 17.0. The molecule has 1 saturated carbocycles. The van der Waals surface area contributed by atoms with Crippen molar-refractivity contribution in [3.8, 4) is 0 Å². The number of hydrogen-bond acceptors (Lipinski definition) is 4. The molecule has 2 rings (SSSR count). The second-order valence-electron chi connectivity index (χ2n) is 4.85. The third-order valence-electron chi connectivity index (χ3n) is 3.34. The number of amides is 1. The Hall–Kier alpha value is -1.47. The maximum absolute atomic E-state index is 13.6. The maximum atomic E-state index is 13.6. The van der Waals surface area contributed by atoms with Gasteiger partial charge in [0, 0.05) is 12.8 Å². The van der Waals surface area contributed by atoms with E-state index in [1.165, 1.54) is 0 Å². The van der Waals surface area contributed by atoms with E-state index in [1.54, 1.807) is 0 Å². The average Bonchev–Trinajstić information content (AvgIpc) is 3.11. The number of rotatable bonds is 4. The molecule has 0 radical (unpaired) electrons. The van der Waals surface area contributed by atoms with Crippen LogP contribution >= 0.6 is 0 Å². The first-order valence-electron chi connectivity index (χ1n) is 5.80. The van der Waals surface area contributed by atoms with Crippen LogP contribution in [0.5, 0.6) is 0 Å². The van der Waals surface area contributed by atoms with Gasteiger partial charge in [0.05, 0.1) is 16.0 Å². The predicted octanol–water partition coefficient (Wildman–Crippen LogP) is 0.907. The van der Waals surface area contributed by atoms with Gasteiger partial charge in [-0.1, -0.05) is 0 Å². The molecular weight excluding hydrogens is 271 g/mol. The fraction of sp³-hybridized carbons (Fsp3) is 0.417. The number of sulfone groups is 1. The number of hydrogen-bond donors (Lipinski definition) is 2. The van der Waals surface area contributed by atoms with Crippen molar-refractivity contribution < 1.29 is 17.6 Å². The van der Waals surface area contributed by atoms with E-state index in [9.17, 15) is 17.6 Å². The lowest BCUT2D eigenvalue weighted by molar-refractivity contribution is -0.120. The van der Waals surface area contributed by atoms with Gasteiger partial charge in [0.25, 0.3) is 0 Å². The van der Waals surface area contributed by atoms with Crippen molar-refractivity contribution in [1.29, 1.82) is 0 Å². The van der Waals surface area contributed by atoms with E-state index in [0.29, 0.717) is 12.8 Å². The Balaban J connectivity index is 2.28. The Morgan fingerprint density at radius 1 is 1.47 bits per heavy atom. The molecule has 0 aliphatic heterocycles. The molecule has 104 valence electrons. The maximum Gasteiger partial charge on any atom is 0.231 e.